The topological polar surface area (TPSA) is 50.9 Å². The summed E-state index contributed by atoms with van der Waals surface area (Å²) in [6.45, 7) is 3.99. The van der Waals surface area contributed by atoms with Crippen LogP contribution in [0.5, 0.6) is 5.75 Å². The van der Waals surface area contributed by atoms with Crippen LogP contribution in [0.4, 0.5) is 4.39 Å². The lowest BCUT2D eigenvalue weighted by atomic mass is 10.2. The second-order valence-electron chi connectivity index (χ2n) is 4.90. The Kier molecular flexibility index (Phi) is 2.89. The molecule has 0 aliphatic rings. The average molecular weight is 271 g/mol. The van der Waals surface area contributed by atoms with E-state index in [-0.39, 0.29) is 17.6 Å². The number of fused-ring (bicyclic) bond motifs is 1. The van der Waals surface area contributed by atoms with E-state index in [0.717, 1.165) is 0 Å². The van der Waals surface area contributed by atoms with Crippen molar-refractivity contribution in [2.45, 2.75) is 19.9 Å². The largest absolute Gasteiger partial charge is 0.506 e. The van der Waals surface area contributed by atoms with Crippen LogP contribution < -0.4 is 0 Å². The third-order valence-corrected chi connectivity index (χ3v) is 3.23. The first-order chi connectivity index (χ1) is 9.59. The molecule has 3 aromatic rings. The summed E-state index contributed by atoms with van der Waals surface area (Å²) in [6, 6.07) is 6.63. The fourth-order valence-corrected chi connectivity index (χ4v) is 2.37. The lowest BCUT2D eigenvalue weighted by Gasteiger charge is -2.13. The summed E-state index contributed by atoms with van der Waals surface area (Å²) in [5, 5.41) is 9.96. The average Bonchev–Trinajstić information content (AvgIpc) is 2.80. The monoisotopic (exact) mass is 271 g/mol. The van der Waals surface area contributed by atoms with E-state index in [1.54, 1.807) is 18.3 Å². The summed E-state index contributed by atoms with van der Waals surface area (Å²) in [7, 11) is 0. The van der Waals surface area contributed by atoms with Crippen LogP contribution in [0.1, 0.15) is 19.9 Å². The van der Waals surface area contributed by atoms with Crippen molar-refractivity contribution < 1.29 is 9.50 Å². The molecule has 3 rings (SSSR count). The van der Waals surface area contributed by atoms with Crippen LogP contribution in [0, 0.1) is 5.82 Å². The molecular formula is C15H14FN3O. The van der Waals surface area contributed by atoms with Crippen LogP contribution in [0.2, 0.25) is 0 Å². The number of nitrogens with zero attached hydrogens (tertiary/aromatic N) is 3. The SMILES string of the molecule is CC(C)n1c(-c2ccncc2O)nc2c(F)cccc21. The van der Waals surface area contributed by atoms with E-state index < -0.39 is 0 Å². The molecule has 0 unspecified atom stereocenters. The molecule has 0 aliphatic carbocycles. The molecule has 1 N–H and O–H groups in total. The minimum absolute atomic E-state index is 0.0325. The molecule has 2 aromatic heterocycles. The van der Waals surface area contributed by atoms with Crippen molar-refractivity contribution in [2.75, 3.05) is 0 Å². The van der Waals surface area contributed by atoms with E-state index in [9.17, 15) is 9.50 Å². The number of aromatic hydroxyl groups is 1. The van der Waals surface area contributed by atoms with Crippen LogP contribution in [0.3, 0.4) is 0 Å². The van der Waals surface area contributed by atoms with Gasteiger partial charge in [-0.25, -0.2) is 9.37 Å². The van der Waals surface area contributed by atoms with Crippen LogP contribution in [-0.4, -0.2) is 19.6 Å². The van der Waals surface area contributed by atoms with Gasteiger partial charge in [0.1, 0.15) is 17.1 Å². The molecule has 1 aromatic carbocycles. The summed E-state index contributed by atoms with van der Waals surface area (Å²) in [6.07, 6.45) is 2.94. The molecule has 102 valence electrons. The first-order valence-corrected chi connectivity index (χ1v) is 6.39. The fraction of sp³-hybridized carbons (Fsp3) is 0.200. The van der Waals surface area contributed by atoms with E-state index in [1.807, 2.05) is 24.5 Å². The first-order valence-electron chi connectivity index (χ1n) is 6.39. The number of hydrogen-bond acceptors (Lipinski definition) is 3. The molecule has 0 atom stereocenters. The smallest absolute Gasteiger partial charge is 0.151 e. The number of hydrogen-bond donors (Lipinski definition) is 1. The zero-order valence-electron chi connectivity index (χ0n) is 11.2. The Bertz CT molecular complexity index is 780. The number of halogens is 1. The molecule has 4 nitrogen and oxygen atoms in total. The van der Waals surface area contributed by atoms with Gasteiger partial charge in [0.25, 0.3) is 0 Å². The van der Waals surface area contributed by atoms with Crippen molar-refractivity contribution in [1.29, 1.82) is 0 Å². The molecule has 0 radical (unpaired) electrons. The predicted octanol–water partition coefficient (Wildman–Crippen LogP) is 3.52. The van der Waals surface area contributed by atoms with Gasteiger partial charge < -0.3 is 9.67 Å². The summed E-state index contributed by atoms with van der Waals surface area (Å²) >= 11 is 0. The molecule has 0 amide bonds. The van der Waals surface area contributed by atoms with Crippen LogP contribution >= 0.6 is 0 Å². The first kappa shape index (κ1) is 12.6. The summed E-state index contributed by atoms with van der Waals surface area (Å²) < 4.78 is 15.8. The minimum Gasteiger partial charge on any atom is -0.506 e. The highest BCUT2D eigenvalue weighted by atomic mass is 19.1. The maximum absolute atomic E-state index is 13.9. The lowest BCUT2D eigenvalue weighted by Crippen LogP contribution is -2.03. The van der Waals surface area contributed by atoms with Crippen LogP contribution in [0.15, 0.2) is 36.7 Å². The van der Waals surface area contributed by atoms with Crippen molar-refractivity contribution >= 4 is 11.0 Å². The molecule has 0 saturated carbocycles. The number of pyridine rings is 1. The quantitative estimate of drug-likeness (QED) is 0.775. The highest BCUT2D eigenvalue weighted by Crippen LogP contribution is 2.33. The van der Waals surface area contributed by atoms with Crippen molar-refractivity contribution in [3.8, 4) is 17.1 Å². The van der Waals surface area contributed by atoms with Crippen molar-refractivity contribution in [2.24, 2.45) is 0 Å². The molecule has 0 spiro atoms. The molecule has 0 aliphatic heterocycles. The van der Waals surface area contributed by atoms with Gasteiger partial charge in [-0.1, -0.05) is 6.07 Å². The van der Waals surface area contributed by atoms with Crippen LogP contribution in [0.25, 0.3) is 22.4 Å². The zero-order chi connectivity index (χ0) is 14.3. The van der Waals surface area contributed by atoms with E-state index in [1.165, 1.54) is 12.3 Å². The van der Waals surface area contributed by atoms with Crippen molar-refractivity contribution in [3.05, 3.63) is 42.5 Å². The second kappa shape index (κ2) is 4.59. The summed E-state index contributed by atoms with van der Waals surface area (Å²) in [4.78, 5) is 8.22. The Labute approximate surface area is 115 Å². The normalized spacial score (nSPS) is 11.4. The van der Waals surface area contributed by atoms with E-state index in [0.29, 0.717) is 22.4 Å². The third-order valence-electron chi connectivity index (χ3n) is 3.23. The van der Waals surface area contributed by atoms with E-state index >= 15 is 0 Å². The van der Waals surface area contributed by atoms with E-state index in [4.69, 9.17) is 0 Å². The maximum atomic E-state index is 13.9. The highest BCUT2D eigenvalue weighted by molar-refractivity contribution is 5.82. The Morgan fingerprint density at radius 1 is 1.25 bits per heavy atom. The molecule has 0 fully saturated rings. The molecule has 0 saturated heterocycles. The molecular weight excluding hydrogens is 257 g/mol. The highest BCUT2D eigenvalue weighted by Gasteiger charge is 2.19. The number of para-hydroxylation sites is 1. The zero-order valence-corrected chi connectivity index (χ0v) is 11.2. The van der Waals surface area contributed by atoms with Crippen molar-refractivity contribution in [3.63, 3.8) is 0 Å². The van der Waals surface area contributed by atoms with Gasteiger partial charge in [0.2, 0.25) is 0 Å². The van der Waals surface area contributed by atoms with Gasteiger partial charge >= 0.3 is 0 Å². The van der Waals surface area contributed by atoms with Gasteiger partial charge in [0.15, 0.2) is 5.82 Å². The number of imidazole rings is 1. The van der Waals surface area contributed by atoms with Gasteiger partial charge in [0, 0.05) is 12.2 Å². The Morgan fingerprint density at radius 3 is 2.75 bits per heavy atom. The standard InChI is InChI=1S/C15H14FN3O/c1-9(2)19-12-5-3-4-11(16)14(12)18-15(19)10-6-7-17-8-13(10)20/h3-9,20H,1-2H3. The van der Waals surface area contributed by atoms with Gasteiger partial charge in [-0.15, -0.1) is 0 Å². The summed E-state index contributed by atoms with van der Waals surface area (Å²) in [5.74, 6) is 0.210. The Hall–Kier alpha value is -2.43. The molecule has 0 bridgehead atoms. The minimum atomic E-state index is -0.364. The predicted molar refractivity (Wildman–Crippen MR) is 75.0 cm³/mol. The maximum Gasteiger partial charge on any atom is 0.151 e. The number of aromatic nitrogens is 3. The van der Waals surface area contributed by atoms with Gasteiger partial charge in [-0.3, -0.25) is 4.98 Å². The second-order valence-corrected chi connectivity index (χ2v) is 4.90. The Morgan fingerprint density at radius 2 is 2.05 bits per heavy atom. The number of rotatable bonds is 2. The van der Waals surface area contributed by atoms with E-state index in [2.05, 4.69) is 9.97 Å². The lowest BCUT2D eigenvalue weighted by molar-refractivity contribution is 0.473. The number of benzene rings is 1. The summed E-state index contributed by atoms with van der Waals surface area (Å²) in [5.41, 5.74) is 1.57. The van der Waals surface area contributed by atoms with Crippen LogP contribution in [-0.2, 0) is 0 Å². The molecule has 20 heavy (non-hydrogen) atoms. The van der Waals surface area contributed by atoms with Gasteiger partial charge in [-0.2, -0.15) is 0 Å². The fourth-order valence-electron chi connectivity index (χ4n) is 2.37. The third kappa shape index (κ3) is 1.82. The van der Waals surface area contributed by atoms with Gasteiger partial charge in [-0.05, 0) is 32.0 Å². The molecule has 5 heteroatoms. The van der Waals surface area contributed by atoms with Gasteiger partial charge in [0.05, 0.1) is 17.3 Å². The molecule has 2 heterocycles. The van der Waals surface area contributed by atoms with Crippen molar-refractivity contribution in [1.82, 2.24) is 14.5 Å². The Balaban J connectivity index is 2.39.